The second-order valence-electron chi connectivity index (χ2n) is 5.51. The molecule has 0 spiro atoms. The summed E-state index contributed by atoms with van der Waals surface area (Å²) in [5.74, 6) is -0.646. The van der Waals surface area contributed by atoms with Crippen molar-refractivity contribution in [3.63, 3.8) is 0 Å². The fourth-order valence-electron chi connectivity index (χ4n) is 2.90. The van der Waals surface area contributed by atoms with E-state index in [1.54, 1.807) is 41.3 Å². The highest BCUT2D eigenvalue weighted by Gasteiger charge is 2.59. The quantitative estimate of drug-likeness (QED) is 0.695. The Morgan fingerprint density at radius 3 is 2.57 bits per heavy atom. The normalized spacial score (nSPS) is 23.0. The highest BCUT2D eigenvalue weighted by atomic mass is 19.1. The van der Waals surface area contributed by atoms with E-state index in [4.69, 9.17) is 4.74 Å². The molecule has 4 nitrogen and oxygen atoms in total. The molecule has 0 N–H and O–H groups in total. The van der Waals surface area contributed by atoms with E-state index in [9.17, 15) is 8.78 Å². The Kier molecular flexibility index (Phi) is 3.20. The molecule has 0 unspecified atom stereocenters. The predicted octanol–water partition coefficient (Wildman–Crippen LogP) is 3.22. The number of hydrogen-bond acceptors (Lipinski definition) is 3. The van der Waals surface area contributed by atoms with Crippen molar-refractivity contribution in [1.29, 1.82) is 0 Å². The number of aromatic nitrogens is 3. The first-order chi connectivity index (χ1) is 11.2. The Hall–Kier alpha value is -2.60. The van der Waals surface area contributed by atoms with Gasteiger partial charge in [-0.1, -0.05) is 30.3 Å². The van der Waals surface area contributed by atoms with Gasteiger partial charge >= 0.3 is 0 Å². The molecule has 0 saturated carbocycles. The number of ether oxygens (including phenoxy) is 1. The smallest absolute Gasteiger partial charge is 0.144 e. The van der Waals surface area contributed by atoms with Crippen molar-refractivity contribution in [3.05, 3.63) is 83.9 Å². The fraction of sp³-hybridized carbons (Fsp3) is 0.176. The van der Waals surface area contributed by atoms with Crippen molar-refractivity contribution < 1.29 is 13.5 Å². The molecular formula is C17H13F2N3O. The molecule has 2 aromatic carbocycles. The molecule has 6 heteroatoms. The molecule has 0 aliphatic carbocycles. The molecule has 1 aromatic heterocycles. The monoisotopic (exact) mass is 313 g/mol. The summed E-state index contributed by atoms with van der Waals surface area (Å²) in [6, 6.07) is 12.6. The summed E-state index contributed by atoms with van der Waals surface area (Å²) in [5, 5.41) is 4.09. The van der Waals surface area contributed by atoms with Crippen LogP contribution in [0.3, 0.4) is 0 Å². The lowest BCUT2D eigenvalue weighted by atomic mass is 9.91. The summed E-state index contributed by atoms with van der Waals surface area (Å²) >= 11 is 0. The SMILES string of the molecule is Fc1ccc([C@]2(Cn3cncn3)O[C@H]2c2ccccc2F)cc1. The third-order valence-electron chi connectivity index (χ3n) is 4.08. The van der Waals surface area contributed by atoms with Gasteiger partial charge in [-0.05, 0) is 23.8 Å². The third-order valence-corrected chi connectivity index (χ3v) is 4.08. The summed E-state index contributed by atoms with van der Waals surface area (Å²) in [6.45, 7) is 0.373. The van der Waals surface area contributed by atoms with Crippen LogP contribution in [0, 0.1) is 11.6 Å². The van der Waals surface area contributed by atoms with E-state index in [1.165, 1.54) is 24.5 Å². The lowest BCUT2D eigenvalue weighted by molar-refractivity contribution is 0.262. The van der Waals surface area contributed by atoms with E-state index in [0.29, 0.717) is 12.1 Å². The van der Waals surface area contributed by atoms with Crippen molar-refractivity contribution in [3.8, 4) is 0 Å². The van der Waals surface area contributed by atoms with E-state index in [-0.39, 0.29) is 11.6 Å². The van der Waals surface area contributed by atoms with Crippen LogP contribution in [-0.2, 0) is 16.9 Å². The molecular weight excluding hydrogens is 300 g/mol. The van der Waals surface area contributed by atoms with Gasteiger partial charge in [0.1, 0.15) is 36.0 Å². The van der Waals surface area contributed by atoms with E-state index < -0.39 is 11.7 Å². The standard InChI is InChI=1S/C17H13F2N3O/c18-13-7-5-12(6-8-13)17(9-22-11-20-10-21-22)16(23-17)14-3-1-2-4-15(14)19/h1-8,10-11,16H,9H2/t16-,17-/m0/s1. The van der Waals surface area contributed by atoms with Gasteiger partial charge in [-0.2, -0.15) is 5.10 Å². The minimum atomic E-state index is -0.774. The van der Waals surface area contributed by atoms with Gasteiger partial charge in [-0.15, -0.1) is 0 Å². The Balaban J connectivity index is 1.74. The maximum atomic E-state index is 14.1. The van der Waals surface area contributed by atoms with Crippen LogP contribution in [-0.4, -0.2) is 14.8 Å². The number of epoxide rings is 1. The summed E-state index contributed by atoms with van der Waals surface area (Å²) in [6.07, 6.45) is 2.56. The lowest BCUT2D eigenvalue weighted by Gasteiger charge is -2.14. The van der Waals surface area contributed by atoms with Gasteiger partial charge in [0.2, 0.25) is 0 Å². The first-order valence-corrected chi connectivity index (χ1v) is 7.20. The molecule has 1 aliphatic rings. The van der Waals surface area contributed by atoms with Crippen molar-refractivity contribution in [2.75, 3.05) is 0 Å². The first kappa shape index (κ1) is 14.0. The summed E-state index contributed by atoms with van der Waals surface area (Å²) in [7, 11) is 0. The lowest BCUT2D eigenvalue weighted by Crippen LogP contribution is -2.19. The van der Waals surface area contributed by atoms with E-state index >= 15 is 0 Å². The Bertz CT molecular complexity index is 820. The number of nitrogens with zero attached hydrogens (tertiary/aromatic N) is 3. The molecule has 2 atom stereocenters. The van der Waals surface area contributed by atoms with Crippen LogP contribution in [0.4, 0.5) is 8.78 Å². The van der Waals surface area contributed by atoms with Gasteiger partial charge in [0.25, 0.3) is 0 Å². The van der Waals surface area contributed by atoms with Crippen molar-refractivity contribution in [1.82, 2.24) is 14.8 Å². The second kappa shape index (κ2) is 5.24. The molecule has 0 bridgehead atoms. The van der Waals surface area contributed by atoms with Crippen molar-refractivity contribution in [2.24, 2.45) is 0 Å². The van der Waals surface area contributed by atoms with Gasteiger partial charge in [-0.3, -0.25) is 0 Å². The van der Waals surface area contributed by atoms with Crippen LogP contribution < -0.4 is 0 Å². The number of benzene rings is 2. The predicted molar refractivity (Wildman–Crippen MR) is 78.3 cm³/mol. The maximum absolute atomic E-state index is 14.1. The van der Waals surface area contributed by atoms with E-state index in [1.807, 2.05) is 0 Å². The summed E-state index contributed by atoms with van der Waals surface area (Å²) in [4.78, 5) is 3.92. The van der Waals surface area contributed by atoms with Gasteiger partial charge in [0.15, 0.2) is 0 Å². The average molecular weight is 313 g/mol. The number of halogens is 2. The van der Waals surface area contributed by atoms with Gasteiger partial charge < -0.3 is 4.74 Å². The maximum Gasteiger partial charge on any atom is 0.144 e. The zero-order chi connectivity index (χ0) is 15.9. The van der Waals surface area contributed by atoms with Gasteiger partial charge in [0, 0.05) is 5.56 Å². The van der Waals surface area contributed by atoms with Crippen molar-refractivity contribution >= 4 is 0 Å². The van der Waals surface area contributed by atoms with Crippen LogP contribution >= 0.6 is 0 Å². The fourth-order valence-corrected chi connectivity index (χ4v) is 2.90. The second-order valence-corrected chi connectivity index (χ2v) is 5.51. The molecule has 3 aromatic rings. The molecule has 2 heterocycles. The molecule has 0 radical (unpaired) electrons. The Labute approximate surface area is 131 Å². The van der Waals surface area contributed by atoms with Crippen LogP contribution in [0.5, 0.6) is 0 Å². The molecule has 116 valence electrons. The molecule has 1 fully saturated rings. The van der Waals surface area contributed by atoms with Crippen LogP contribution in [0.1, 0.15) is 17.2 Å². The van der Waals surface area contributed by atoms with Crippen LogP contribution in [0.15, 0.2) is 61.2 Å². The van der Waals surface area contributed by atoms with Crippen LogP contribution in [0.25, 0.3) is 0 Å². The van der Waals surface area contributed by atoms with Gasteiger partial charge in [-0.25, -0.2) is 18.4 Å². The van der Waals surface area contributed by atoms with Crippen LogP contribution in [0.2, 0.25) is 0 Å². The zero-order valence-corrected chi connectivity index (χ0v) is 12.1. The molecule has 4 rings (SSSR count). The highest BCUT2D eigenvalue weighted by Crippen LogP contribution is 2.58. The van der Waals surface area contributed by atoms with E-state index in [2.05, 4.69) is 10.1 Å². The molecule has 1 aliphatic heterocycles. The summed E-state index contributed by atoms with van der Waals surface area (Å²) in [5.41, 5.74) is 0.489. The number of hydrogen-bond donors (Lipinski definition) is 0. The summed E-state index contributed by atoms with van der Waals surface area (Å²) < 4.78 is 34.9. The first-order valence-electron chi connectivity index (χ1n) is 7.20. The Morgan fingerprint density at radius 1 is 1.09 bits per heavy atom. The third kappa shape index (κ3) is 2.41. The largest absolute Gasteiger partial charge is 0.354 e. The Morgan fingerprint density at radius 2 is 1.87 bits per heavy atom. The molecule has 1 saturated heterocycles. The molecule has 0 amide bonds. The zero-order valence-electron chi connectivity index (χ0n) is 12.1. The van der Waals surface area contributed by atoms with E-state index in [0.717, 1.165) is 5.56 Å². The minimum Gasteiger partial charge on any atom is -0.354 e. The number of rotatable bonds is 4. The highest BCUT2D eigenvalue weighted by molar-refractivity contribution is 5.36. The molecule has 23 heavy (non-hydrogen) atoms. The minimum absolute atomic E-state index is 0.319. The van der Waals surface area contributed by atoms with Crippen molar-refractivity contribution in [2.45, 2.75) is 18.2 Å². The van der Waals surface area contributed by atoms with Gasteiger partial charge in [0.05, 0.1) is 6.54 Å². The topological polar surface area (TPSA) is 43.2 Å². The average Bonchev–Trinajstić information content (AvgIpc) is 3.02.